The van der Waals surface area contributed by atoms with Gasteiger partial charge in [-0.15, -0.1) is 0 Å². The van der Waals surface area contributed by atoms with Crippen LogP contribution in [-0.4, -0.2) is 5.78 Å². The summed E-state index contributed by atoms with van der Waals surface area (Å²) in [5.41, 5.74) is 0. The molecule has 0 saturated carbocycles. The summed E-state index contributed by atoms with van der Waals surface area (Å²) >= 11 is 0. The first kappa shape index (κ1) is 15.7. The van der Waals surface area contributed by atoms with E-state index in [1.54, 1.807) is 0 Å². The van der Waals surface area contributed by atoms with Gasteiger partial charge in [0.2, 0.25) is 0 Å². The van der Waals surface area contributed by atoms with Gasteiger partial charge in [-0.2, -0.15) is 0 Å². The Morgan fingerprint density at radius 1 is 0.875 bits per heavy atom. The zero-order chi connectivity index (χ0) is 12.7. The fourth-order valence-corrected chi connectivity index (χ4v) is 2.19. The van der Waals surface area contributed by atoms with E-state index in [-0.39, 0.29) is 5.92 Å². The molecule has 0 rings (SSSR count). The molecule has 0 heterocycles. The molecule has 0 radical (unpaired) electrons. The van der Waals surface area contributed by atoms with Crippen LogP contribution in [0, 0.1) is 23.7 Å². The van der Waals surface area contributed by atoms with Crippen molar-refractivity contribution in [1.82, 2.24) is 0 Å². The van der Waals surface area contributed by atoms with Gasteiger partial charge in [0.05, 0.1) is 0 Å². The SMILES string of the molecule is CC(C)CCCC(CC(C)C)C(=O)C(C)C. The molecule has 0 aliphatic rings. The fraction of sp³-hybridized carbons (Fsp3) is 0.933. The van der Waals surface area contributed by atoms with Crippen LogP contribution in [0.1, 0.15) is 67.2 Å². The second-order valence-electron chi connectivity index (χ2n) is 6.21. The van der Waals surface area contributed by atoms with Crippen molar-refractivity contribution < 1.29 is 4.79 Å². The number of hydrogen-bond donors (Lipinski definition) is 0. The molecule has 0 aromatic heterocycles. The predicted octanol–water partition coefficient (Wildman–Crippen LogP) is 4.70. The molecular formula is C15H30O. The maximum atomic E-state index is 12.1. The summed E-state index contributed by atoms with van der Waals surface area (Å²) in [5, 5.41) is 0. The highest BCUT2D eigenvalue weighted by molar-refractivity contribution is 5.82. The van der Waals surface area contributed by atoms with Gasteiger partial charge < -0.3 is 0 Å². The van der Waals surface area contributed by atoms with E-state index in [4.69, 9.17) is 0 Å². The number of carbonyl (C=O) groups excluding carboxylic acids is 1. The molecule has 0 N–H and O–H groups in total. The Morgan fingerprint density at radius 2 is 1.44 bits per heavy atom. The molecule has 0 saturated heterocycles. The molecule has 96 valence electrons. The van der Waals surface area contributed by atoms with Crippen LogP contribution in [0.5, 0.6) is 0 Å². The van der Waals surface area contributed by atoms with Gasteiger partial charge in [0, 0.05) is 11.8 Å². The molecule has 0 aromatic carbocycles. The minimum atomic E-state index is 0.197. The summed E-state index contributed by atoms with van der Waals surface area (Å²) < 4.78 is 0. The number of Topliss-reactive ketones (excluding diaryl/α,β-unsaturated/α-hetero) is 1. The van der Waals surface area contributed by atoms with Crippen molar-refractivity contribution in [2.45, 2.75) is 67.2 Å². The molecule has 0 spiro atoms. The first-order valence-electron chi connectivity index (χ1n) is 6.88. The molecule has 1 unspecified atom stereocenters. The molecule has 1 heteroatoms. The van der Waals surface area contributed by atoms with E-state index in [2.05, 4.69) is 27.7 Å². The summed E-state index contributed by atoms with van der Waals surface area (Å²) in [6.07, 6.45) is 4.61. The van der Waals surface area contributed by atoms with Gasteiger partial charge in [0.1, 0.15) is 5.78 Å². The van der Waals surface area contributed by atoms with E-state index in [9.17, 15) is 4.79 Å². The van der Waals surface area contributed by atoms with Crippen LogP contribution in [0.25, 0.3) is 0 Å². The van der Waals surface area contributed by atoms with Gasteiger partial charge >= 0.3 is 0 Å². The third-order valence-corrected chi connectivity index (χ3v) is 3.06. The number of rotatable bonds is 8. The van der Waals surface area contributed by atoms with Crippen LogP contribution in [0.15, 0.2) is 0 Å². The van der Waals surface area contributed by atoms with Gasteiger partial charge in [-0.05, 0) is 24.7 Å². The maximum Gasteiger partial charge on any atom is 0.138 e. The van der Waals surface area contributed by atoms with E-state index in [1.807, 2.05) is 13.8 Å². The summed E-state index contributed by atoms with van der Waals surface area (Å²) in [7, 11) is 0. The van der Waals surface area contributed by atoms with E-state index in [1.165, 1.54) is 12.8 Å². The summed E-state index contributed by atoms with van der Waals surface area (Å²) in [6, 6.07) is 0. The highest BCUT2D eigenvalue weighted by atomic mass is 16.1. The second-order valence-corrected chi connectivity index (χ2v) is 6.21. The first-order chi connectivity index (χ1) is 7.34. The summed E-state index contributed by atoms with van der Waals surface area (Å²) in [5.74, 6) is 2.36. The topological polar surface area (TPSA) is 17.1 Å². The lowest BCUT2D eigenvalue weighted by Crippen LogP contribution is -2.21. The van der Waals surface area contributed by atoms with Crippen LogP contribution >= 0.6 is 0 Å². The van der Waals surface area contributed by atoms with Gasteiger partial charge in [-0.3, -0.25) is 4.79 Å². The average Bonchev–Trinajstić information content (AvgIpc) is 2.13. The van der Waals surface area contributed by atoms with Crippen molar-refractivity contribution in [1.29, 1.82) is 0 Å². The Labute approximate surface area is 102 Å². The van der Waals surface area contributed by atoms with Crippen LogP contribution in [0.3, 0.4) is 0 Å². The summed E-state index contributed by atoms with van der Waals surface area (Å²) in [4.78, 5) is 12.1. The monoisotopic (exact) mass is 226 g/mol. The van der Waals surface area contributed by atoms with Gasteiger partial charge in [0.25, 0.3) is 0 Å². The lowest BCUT2D eigenvalue weighted by molar-refractivity contribution is -0.126. The van der Waals surface area contributed by atoms with Gasteiger partial charge in [0.15, 0.2) is 0 Å². The molecule has 0 bridgehead atoms. The van der Waals surface area contributed by atoms with Crippen molar-refractivity contribution in [3.8, 4) is 0 Å². The first-order valence-corrected chi connectivity index (χ1v) is 6.88. The number of carbonyl (C=O) groups is 1. The molecule has 0 aliphatic heterocycles. The Hall–Kier alpha value is -0.330. The van der Waals surface area contributed by atoms with E-state index < -0.39 is 0 Å². The van der Waals surface area contributed by atoms with Crippen LogP contribution < -0.4 is 0 Å². The summed E-state index contributed by atoms with van der Waals surface area (Å²) in [6.45, 7) is 13.0. The van der Waals surface area contributed by atoms with Crippen molar-refractivity contribution in [3.63, 3.8) is 0 Å². The Bertz CT molecular complexity index is 192. The Balaban J connectivity index is 4.15. The van der Waals surface area contributed by atoms with Crippen LogP contribution in [0.4, 0.5) is 0 Å². The maximum absolute atomic E-state index is 12.1. The second kappa shape index (κ2) is 7.86. The molecular weight excluding hydrogens is 196 g/mol. The van der Waals surface area contributed by atoms with Crippen molar-refractivity contribution in [3.05, 3.63) is 0 Å². The van der Waals surface area contributed by atoms with Crippen LogP contribution in [-0.2, 0) is 4.79 Å². The molecule has 1 nitrogen and oxygen atoms in total. The van der Waals surface area contributed by atoms with Crippen molar-refractivity contribution in [2.24, 2.45) is 23.7 Å². The quantitative estimate of drug-likeness (QED) is 0.586. The minimum absolute atomic E-state index is 0.197. The smallest absolute Gasteiger partial charge is 0.138 e. The highest BCUT2D eigenvalue weighted by Crippen LogP contribution is 2.23. The van der Waals surface area contributed by atoms with Crippen LogP contribution in [0.2, 0.25) is 0 Å². The highest BCUT2D eigenvalue weighted by Gasteiger charge is 2.21. The Morgan fingerprint density at radius 3 is 1.81 bits per heavy atom. The number of hydrogen-bond acceptors (Lipinski definition) is 1. The third-order valence-electron chi connectivity index (χ3n) is 3.06. The van der Waals surface area contributed by atoms with Crippen molar-refractivity contribution >= 4 is 5.78 Å². The zero-order valence-corrected chi connectivity index (χ0v) is 12.0. The van der Waals surface area contributed by atoms with Gasteiger partial charge in [-0.25, -0.2) is 0 Å². The molecule has 0 fully saturated rings. The molecule has 16 heavy (non-hydrogen) atoms. The standard InChI is InChI=1S/C15H30O/c1-11(2)8-7-9-14(10-12(3)4)15(16)13(5)6/h11-14H,7-10H2,1-6H3. The molecule has 0 aliphatic carbocycles. The minimum Gasteiger partial charge on any atom is -0.299 e. The third kappa shape index (κ3) is 7.03. The van der Waals surface area contributed by atoms with E-state index in [0.717, 1.165) is 18.8 Å². The molecule has 0 amide bonds. The number of ketones is 1. The average molecular weight is 226 g/mol. The lowest BCUT2D eigenvalue weighted by atomic mass is 9.84. The fourth-order valence-electron chi connectivity index (χ4n) is 2.19. The molecule has 0 aromatic rings. The van der Waals surface area contributed by atoms with Crippen molar-refractivity contribution in [2.75, 3.05) is 0 Å². The lowest BCUT2D eigenvalue weighted by Gasteiger charge is -2.20. The van der Waals surface area contributed by atoms with E-state index >= 15 is 0 Å². The largest absolute Gasteiger partial charge is 0.299 e. The normalized spacial score (nSPS) is 13.8. The molecule has 1 atom stereocenters. The zero-order valence-electron chi connectivity index (χ0n) is 12.0. The van der Waals surface area contributed by atoms with Gasteiger partial charge in [-0.1, -0.05) is 54.4 Å². The predicted molar refractivity (Wildman–Crippen MR) is 71.5 cm³/mol. The van der Waals surface area contributed by atoms with E-state index in [0.29, 0.717) is 17.6 Å². The Kier molecular flexibility index (Phi) is 7.70.